The van der Waals surface area contributed by atoms with Gasteiger partial charge in [0.2, 0.25) is 5.11 Å². The zero-order chi connectivity index (χ0) is 31.0. The monoisotopic (exact) mass is 656 g/mol. The minimum atomic E-state index is -4.75. The highest BCUT2D eigenvalue weighted by Crippen LogP contribution is 2.43. The van der Waals surface area contributed by atoms with Gasteiger partial charge >= 0.3 is 6.36 Å². The van der Waals surface area contributed by atoms with Crippen molar-refractivity contribution < 1.29 is 22.7 Å². The Morgan fingerprint density at radius 2 is 1.89 bits per heavy atom. The topological polar surface area (TPSA) is 76.8 Å². The number of alkyl halides is 3. The van der Waals surface area contributed by atoms with Crippen LogP contribution in [0.2, 0.25) is 5.02 Å². The van der Waals surface area contributed by atoms with Gasteiger partial charge in [0.15, 0.2) is 11.0 Å². The van der Waals surface area contributed by atoms with Crippen LogP contribution in [-0.2, 0) is 4.84 Å². The number of benzene rings is 3. The van der Waals surface area contributed by atoms with Crippen molar-refractivity contribution in [3.8, 4) is 22.8 Å². The van der Waals surface area contributed by atoms with Gasteiger partial charge in [-0.05, 0) is 66.7 Å². The molecular weight excluding hydrogens is 633 g/mol. The summed E-state index contributed by atoms with van der Waals surface area (Å²) in [6, 6.07) is 18.8. The second kappa shape index (κ2) is 12.2. The number of aromatic nitrogens is 3. The van der Waals surface area contributed by atoms with Crippen molar-refractivity contribution in [2.45, 2.75) is 32.2 Å². The highest BCUT2D eigenvalue weighted by Gasteiger charge is 2.33. The quantitative estimate of drug-likeness (QED) is 0.166. The molecule has 0 saturated carbocycles. The Balaban J connectivity index is 1.07. The number of thiocarbonyl (C=S) groups is 1. The first kappa shape index (κ1) is 30.1. The fourth-order valence-electron chi connectivity index (χ4n) is 4.87. The zero-order valence-electron chi connectivity index (χ0n) is 23.2. The Bertz CT molecular complexity index is 1760. The SMILES string of the molecule is CC1C=C2CSC(=NC(=S)NOC(C)c3ccc(-c4ncn(-c5ccc(OC(F)(F)F)cc5)n4)cc3)N2c2cc(Cl)ccc21. The number of hydrogen-bond acceptors (Lipinski definition) is 6. The first-order valence-electron chi connectivity index (χ1n) is 13.4. The first-order chi connectivity index (χ1) is 21.0. The third-order valence-electron chi connectivity index (χ3n) is 6.98. The van der Waals surface area contributed by atoms with Gasteiger partial charge in [-0.3, -0.25) is 9.74 Å². The number of allylic oxidation sites excluding steroid dienone is 1. The van der Waals surface area contributed by atoms with Crippen LogP contribution >= 0.6 is 35.6 Å². The number of thioether (sulfide) groups is 1. The molecule has 2 aliphatic rings. The van der Waals surface area contributed by atoms with Crippen molar-refractivity contribution in [2.24, 2.45) is 4.99 Å². The van der Waals surface area contributed by atoms with Gasteiger partial charge in [0.1, 0.15) is 18.2 Å². The molecule has 0 amide bonds. The van der Waals surface area contributed by atoms with Gasteiger partial charge in [0, 0.05) is 28.0 Å². The summed E-state index contributed by atoms with van der Waals surface area (Å²) in [6.07, 6.45) is -1.38. The molecule has 1 N–H and O–H groups in total. The average molecular weight is 657 g/mol. The highest BCUT2D eigenvalue weighted by molar-refractivity contribution is 8.14. The van der Waals surface area contributed by atoms with Gasteiger partial charge in [-0.1, -0.05) is 66.7 Å². The molecule has 4 aromatic rings. The van der Waals surface area contributed by atoms with E-state index in [2.05, 4.69) is 43.2 Å². The minimum absolute atomic E-state index is 0.201. The van der Waals surface area contributed by atoms with Crippen molar-refractivity contribution in [3.05, 3.63) is 101 Å². The van der Waals surface area contributed by atoms with Crippen molar-refractivity contribution in [2.75, 3.05) is 10.7 Å². The summed E-state index contributed by atoms with van der Waals surface area (Å²) in [7, 11) is 0. The van der Waals surface area contributed by atoms with E-state index in [1.54, 1.807) is 11.8 Å². The maximum absolute atomic E-state index is 12.4. The van der Waals surface area contributed by atoms with Gasteiger partial charge in [-0.25, -0.2) is 15.1 Å². The van der Waals surface area contributed by atoms with E-state index in [4.69, 9.17) is 28.7 Å². The van der Waals surface area contributed by atoms with Gasteiger partial charge in [0.05, 0.1) is 11.4 Å². The van der Waals surface area contributed by atoms with E-state index in [-0.39, 0.29) is 22.9 Å². The number of nitrogens with one attached hydrogen (secondary N) is 1. The lowest BCUT2D eigenvalue weighted by Crippen LogP contribution is -2.29. The molecule has 2 unspecified atom stereocenters. The Morgan fingerprint density at radius 1 is 1.14 bits per heavy atom. The summed E-state index contributed by atoms with van der Waals surface area (Å²) in [5, 5.41) is 6.05. The van der Waals surface area contributed by atoms with Crippen LogP contribution < -0.4 is 15.1 Å². The summed E-state index contributed by atoms with van der Waals surface area (Å²) in [4.78, 5) is 16.9. The van der Waals surface area contributed by atoms with Crippen LogP contribution in [0.4, 0.5) is 18.9 Å². The van der Waals surface area contributed by atoms with Crippen molar-refractivity contribution in [3.63, 3.8) is 0 Å². The van der Waals surface area contributed by atoms with Gasteiger partial charge in [-0.2, -0.15) is 4.99 Å². The maximum Gasteiger partial charge on any atom is 0.573 e. The molecule has 0 radical (unpaired) electrons. The van der Waals surface area contributed by atoms with Crippen LogP contribution in [0.3, 0.4) is 0 Å². The summed E-state index contributed by atoms with van der Waals surface area (Å²) in [6.45, 7) is 4.04. The number of hydroxylamine groups is 1. The second-order valence-electron chi connectivity index (χ2n) is 10.0. The van der Waals surface area contributed by atoms with E-state index in [0.29, 0.717) is 16.5 Å². The molecule has 44 heavy (non-hydrogen) atoms. The second-order valence-corrected chi connectivity index (χ2v) is 11.8. The van der Waals surface area contributed by atoms with Crippen LogP contribution in [-0.4, -0.2) is 37.2 Å². The number of hydrogen-bond donors (Lipinski definition) is 1. The van der Waals surface area contributed by atoms with E-state index in [1.165, 1.54) is 40.8 Å². The number of fused-ring (bicyclic) bond motifs is 3. The summed E-state index contributed by atoms with van der Waals surface area (Å²) >= 11 is 13.4. The van der Waals surface area contributed by atoms with Crippen LogP contribution in [0.15, 0.2) is 89.8 Å². The van der Waals surface area contributed by atoms with Crippen LogP contribution in [0, 0.1) is 0 Å². The number of amidine groups is 1. The summed E-state index contributed by atoms with van der Waals surface area (Å²) in [5.41, 5.74) is 8.30. The standard InChI is InChI=1S/C30H24ClF3N6O2S2/c1-17-13-23-15-44-29(40(23)26-14-21(31)7-12-25(17)26)36-28(43)38-42-18(2)19-3-5-20(6-4-19)27-35-16-39(37-27)22-8-10-24(11-9-22)41-30(32,33)34/h3-14,16-18H,15H2,1-2H3,(H,38,43). The third kappa shape index (κ3) is 6.60. The largest absolute Gasteiger partial charge is 0.573 e. The van der Waals surface area contributed by atoms with Crippen LogP contribution in [0.5, 0.6) is 5.75 Å². The first-order valence-corrected chi connectivity index (χ1v) is 15.2. The molecule has 1 fully saturated rings. The van der Waals surface area contributed by atoms with Gasteiger partial charge in [-0.15, -0.1) is 18.3 Å². The number of anilines is 1. The van der Waals surface area contributed by atoms with E-state index in [0.717, 1.165) is 33.4 Å². The number of halogens is 4. The number of ether oxygens (including phenoxy) is 1. The molecule has 1 saturated heterocycles. The normalized spacial score (nSPS) is 17.6. The Kier molecular flexibility index (Phi) is 8.38. The van der Waals surface area contributed by atoms with Crippen molar-refractivity contribution in [1.82, 2.24) is 20.2 Å². The van der Waals surface area contributed by atoms with E-state index in [1.807, 2.05) is 49.4 Å². The molecule has 1 aromatic heterocycles. The van der Waals surface area contributed by atoms with Crippen molar-refractivity contribution in [1.29, 1.82) is 0 Å². The molecule has 8 nitrogen and oxygen atoms in total. The molecule has 0 bridgehead atoms. The molecule has 3 aromatic carbocycles. The van der Waals surface area contributed by atoms with Crippen LogP contribution in [0.1, 0.15) is 37.0 Å². The Hall–Kier alpha value is -3.91. The smallest absolute Gasteiger partial charge is 0.406 e. The lowest BCUT2D eigenvalue weighted by Gasteiger charge is -2.30. The van der Waals surface area contributed by atoms with E-state index >= 15 is 0 Å². The molecule has 2 atom stereocenters. The highest BCUT2D eigenvalue weighted by atomic mass is 35.5. The van der Waals surface area contributed by atoms with Gasteiger partial charge in [0.25, 0.3) is 0 Å². The Morgan fingerprint density at radius 3 is 2.61 bits per heavy atom. The zero-order valence-corrected chi connectivity index (χ0v) is 25.6. The number of rotatable bonds is 6. The van der Waals surface area contributed by atoms with Crippen molar-refractivity contribution >= 4 is 51.5 Å². The molecule has 6 rings (SSSR count). The molecule has 226 valence electrons. The predicted molar refractivity (Wildman–Crippen MR) is 169 cm³/mol. The lowest BCUT2D eigenvalue weighted by molar-refractivity contribution is -0.274. The number of aliphatic imine (C=N–C) groups is 1. The average Bonchev–Trinajstić information content (AvgIpc) is 3.63. The maximum atomic E-state index is 12.4. The molecule has 0 aliphatic carbocycles. The van der Waals surface area contributed by atoms with E-state index in [9.17, 15) is 13.2 Å². The van der Waals surface area contributed by atoms with Gasteiger partial charge < -0.3 is 4.74 Å². The molecule has 14 heteroatoms. The fraction of sp³-hybridized carbons (Fsp3) is 0.200. The summed E-state index contributed by atoms with van der Waals surface area (Å²) < 4.78 is 42.6. The van der Waals surface area contributed by atoms with E-state index < -0.39 is 6.36 Å². The Labute approximate surface area is 265 Å². The summed E-state index contributed by atoms with van der Waals surface area (Å²) in [5.74, 6) is 1.21. The lowest BCUT2D eigenvalue weighted by atomic mass is 9.94. The third-order valence-corrected chi connectivity index (χ3v) is 8.36. The molecule has 2 aliphatic heterocycles. The minimum Gasteiger partial charge on any atom is -0.406 e. The number of nitrogens with zero attached hydrogens (tertiary/aromatic N) is 5. The predicted octanol–water partition coefficient (Wildman–Crippen LogP) is 7.96. The molecule has 0 spiro atoms. The molecule has 3 heterocycles. The van der Waals surface area contributed by atoms with Crippen LogP contribution in [0.25, 0.3) is 17.1 Å². The molecular formula is C30H24ClF3N6O2S2. The fourth-order valence-corrected chi connectivity index (χ4v) is 6.23.